The molecule has 1 aromatic rings. The summed E-state index contributed by atoms with van der Waals surface area (Å²) in [6.45, 7) is 5.75. The lowest BCUT2D eigenvalue weighted by Gasteiger charge is -2.14. The number of unbranched alkanes of at least 4 members (excludes halogenated alkanes) is 6. The summed E-state index contributed by atoms with van der Waals surface area (Å²) in [6, 6.07) is 3.55. The Morgan fingerprint density at radius 2 is 1.09 bits per heavy atom. The molecule has 22 heavy (non-hydrogen) atoms. The quantitative estimate of drug-likeness (QED) is 0.431. The third kappa shape index (κ3) is 6.92. The Hall–Kier alpha value is -1.58. The van der Waals surface area contributed by atoms with Crippen molar-refractivity contribution in [2.75, 3.05) is 24.7 Å². The first-order valence-electron chi connectivity index (χ1n) is 8.63. The lowest BCUT2D eigenvalue weighted by atomic mass is 10.2. The zero-order chi connectivity index (χ0) is 16.2. The van der Waals surface area contributed by atoms with Crippen LogP contribution in [0.25, 0.3) is 0 Å². The summed E-state index contributed by atoms with van der Waals surface area (Å²) in [5.41, 5.74) is 13.2. The van der Waals surface area contributed by atoms with Crippen molar-refractivity contribution in [1.82, 2.24) is 0 Å². The predicted molar refractivity (Wildman–Crippen MR) is 94.5 cm³/mol. The first kappa shape index (κ1) is 18.5. The summed E-state index contributed by atoms with van der Waals surface area (Å²) >= 11 is 0. The smallest absolute Gasteiger partial charge is 0.144 e. The third-order valence-corrected chi connectivity index (χ3v) is 3.65. The third-order valence-electron chi connectivity index (χ3n) is 3.65. The van der Waals surface area contributed by atoms with Crippen LogP contribution in [0, 0.1) is 0 Å². The maximum absolute atomic E-state index is 6.02. The Labute approximate surface area is 135 Å². The second-order valence-electron chi connectivity index (χ2n) is 5.75. The molecule has 1 rings (SSSR count). The molecule has 0 saturated carbocycles. The maximum atomic E-state index is 6.02. The van der Waals surface area contributed by atoms with Gasteiger partial charge in [-0.05, 0) is 12.8 Å². The summed E-state index contributed by atoms with van der Waals surface area (Å²) in [5, 5.41) is 0. The van der Waals surface area contributed by atoms with E-state index in [0.29, 0.717) is 36.1 Å². The van der Waals surface area contributed by atoms with Gasteiger partial charge in [-0.15, -0.1) is 0 Å². The van der Waals surface area contributed by atoms with Crippen molar-refractivity contribution in [2.45, 2.75) is 65.2 Å². The van der Waals surface area contributed by atoms with Crippen LogP contribution < -0.4 is 20.9 Å². The Kier molecular flexibility index (Phi) is 9.28. The molecular formula is C18H32N2O2. The van der Waals surface area contributed by atoms with Crippen LogP contribution in [0.5, 0.6) is 11.5 Å². The van der Waals surface area contributed by atoms with Crippen molar-refractivity contribution in [3.63, 3.8) is 0 Å². The molecule has 4 heteroatoms. The molecule has 0 radical (unpaired) electrons. The van der Waals surface area contributed by atoms with Gasteiger partial charge in [-0.2, -0.15) is 0 Å². The van der Waals surface area contributed by atoms with E-state index < -0.39 is 0 Å². The van der Waals surface area contributed by atoms with Gasteiger partial charge in [0.15, 0.2) is 0 Å². The number of ether oxygens (including phenoxy) is 2. The molecule has 0 aliphatic carbocycles. The van der Waals surface area contributed by atoms with E-state index in [-0.39, 0.29) is 0 Å². The van der Waals surface area contributed by atoms with Crippen LogP contribution in [0.4, 0.5) is 11.4 Å². The Balaban J connectivity index is 2.42. The monoisotopic (exact) mass is 308 g/mol. The van der Waals surface area contributed by atoms with E-state index in [0.717, 1.165) is 12.8 Å². The number of rotatable bonds is 12. The molecule has 0 saturated heterocycles. The molecule has 0 bridgehead atoms. The van der Waals surface area contributed by atoms with E-state index in [2.05, 4.69) is 13.8 Å². The van der Waals surface area contributed by atoms with Gasteiger partial charge >= 0.3 is 0 Å². The Morgan fingerprint density at radius 3 is 1.45 bits per heavy atom. The molecule has 4 nitrogen and oxygen atoms in total. The average Bonchev–Trinajstić information content (AvgIpc) is 2.51. The zero-order valence-electron chi connectivity index (χ0n) is 14.2. The fourth-order valence-corrected chi connectivity index (χ4v) is 2.26. The van der Waals surface area contributed by atoms with Crippen LogP contribution in [-0.2, 0) is 0 Å². The van der Waals surface area contributed by atoms with Crippen LogP contribution >= 0.6 is 0 Å². The van der Waals surface area contributed by atoms with Crippen molar-refractivity contribution in [2.24, 2.45) is 0 Å². The van der Waals surface area contributed by atoms with E-state index in [9.17, 15) is 0 Å². The number of hydrogen-bond donors (Lipinski definition) is 2. The summed E-state index contributed by atoms with van der Waals surface area (Å²) in [6.07, 6.45) is 9.39. The van der Waals surface area contributed by atoms with Crippen molar-refractivity contribution in [3.05, 3.63) is 12.1 Å². The standard InChI is InChI=1S/C18H32N2O2/c1-3-5-7-9-11-21-17-13-16(20)18(14-15(17)19)22-12-10-8-6-4-2/h13-14H,3-12,19-20H2,1-2H3. The van der Waals surface area contributed by atoms with Crippen molar-refractivity contribution in [3.8, 4) is 11.5 Å². The van der Waals surface area contributed by atoms with Crippen molar-refractivity contribution in [1.29, 1.82) is 0 Å². The Morgan fingerprint density at radius 1 is 0.682 bits per heavy atom. The highest BCUT2D eigenvalue weighted by molar-refractivity contribution is 5.67. The van der Waals surface area contributed by atoms with E-state index in [1.54, 1.807) is 12.1 Å². The predicted octanol–water partition coefficient (Wildman–Crippen LogP) is 4.77. The van der Waals surface area contributed by atoms with Crippen molar-refractivity contribution >= 4 is 11.4 Å². The van der Waals surface area contributed by atoms with Gasteiger partial charge in [-0.3, -0.25) is 0 Å². The van der Waals surface area contributed by atoms with Crippen LogP contribution in [0.15, 0.2) is 12.1 Å². The molecule has 126 valence electrons. The number of hydrogen-bond acceptors (Lipinski definition) is 4. The first-order chi connectivity index (χ1) is 10.7. The fraction of sp³-hybridized carbons (Fsp3) is 0.667. The average molecular weight is 308 g/mol. The van der Waals surface area contributed by atoms with Gasteiger partial charge in [0.25, 0.3) is 0 Å². The maximum Gasteiger partial charge on any atom is 0.144 e. The normalized spacial score (nSPS) is 10.6. The van der Waals surface area contributed by atoms with Crippen LogP contribution in [0.1, 0.15) is 65.2 Å². The summed E-state index contributed by atoms with van der Waals surface area (Å²) in [7, 11) is 0. The van der Waals surface area contributed by atoms with Gasteiger partial charge in [0.1, 0.15) is 11.5 Å². The van der Waals surface area contributed by atoms with E-state index in [1.807, 2.05) is 0 Å². The SMILES string of the molecule is CCCCCCOc1cc(N)c(OCCCCCC)cc1N. The molecule has 0 amide bonds. The van der Waals surface area contributed by atoms with Crippen LogP contribution in [0.3, 0.4) is 0 Å². The van der Waals surface area contributed by atoms with Gasteiger partial charge in [0, 0.05) is 12.1 Å². The molecule has 0 heterocycles. The first-order valence-corrected chi connectivity index (χ1v) is 8.63. The minimum absolute atomic E-state index is 0.591. The van der Waals surface area contributed by atoms with Crippen LogP contribution in [0.2, 0.25) is 0 Å². The topological polar surface area (TPSA) is 70.5 Å². The molecule has 0 unspecified atom stereocenters. The molecule has 0 aliphatic heterocycles. The van der Waals surface area contributed by atoms with Gasteiger partial charge in [0.05, 0.1) is 24.6 Å². The number of anilines is 2. The van der Waals surface area contributed by atoms with Gasteiger partial charge in [-0.25, -0.2) is 0 Å². The molecular weight excluding hydrogens is 276 g/mol. The Bertz CT molecular complexity index is 382. The number of nitrogens with two attached hydrogens (primary N) is 2. The van der Waals surface area contributed by atoms with Gasteiger partial charge < -0.3 is 20.9 Å². The zero-order valence-corrected chi connectivity index (χ0v) is 14.2. The molecule has 0 aromatic heterocycles. The molecule has 0 atom stereocenters. The molecule has 1 aromatic carbocycles. The molecule has 4 N–H and O–H groups in total. The number of benzene rings is 1. The molecule has 0 aliphatic rings. The lowest BCUT2D eigenvalue weighted by Crippen LogP contribution is -2.04. The van der Waals surface area contributed by atoms with E-state index in [4.69, 9.17) is 20.9 Å². The second-order valence-corrected chi connectivity index (χ2v) is 5.75. The lowest BCUT2D eigenvalue weighted by molar-refractivity contribution is 0.299. The highest BCUT2D eigenvalue weighted by Gasteiger charge is 2.08. The van der Waals surface area contributed by atoms with E-state index in [1.165, 1.54) is 38.5 Å². The highest BCUT2D eigenvalue weighted by Crippen LogP contribution is 2.33. The number of nitrogen functional groups attached to an aromatic ring is 2. The van der Waals surface area contributed by atoms with Gasteiger partial charge in [0.2, 0.25) is 0 Å². The largest absolute Gasteiger partial charge is 0.491 e. The minimum atomic E-state index is 0.591. The highest BCUT2D eigenvalue weighted by atomic mass is 16.5. The summed E-state index contributed by atoms with van der Waals surface area (Å²) in [5.74, 6) is 1.32. The molecule has 0 fully saturated rings. The molecule has 0 spiro atoms. The van der Waals surface area contributed by atoms with Gasteiger partial charge in [-0.1, -0.05) is 52.4 Å². The minimum Gasteiger partial charge on any atom is -0.491 e. The van der Waals surface area contributed by atoms with Crippen LogP contribution in [-0.4, -0.2) is 13.2 Å². The summed E-state index contributed by atoms with van der Waals surface area (Å²) in [4.78, 5) is 0. The second kappa shape index (κ2) is 11.0. The van der Waals surface area contributed by atoms with E-state index >= 15 is 0 Å². The van der Waals surface area contributed by atoms with Crippen molar-refractivity contribution < 1.29 is 9.47 Å². The summed E-state index contributed by atoms with van der Waals surface area (Å²) < 4.78 is 11.4. The fourth-order valence-electron chi connectivity index (χ4n) is 2.26.